The van der Waals surface area contributed by atoms with Crippen LogP contribution in [-0.2, 0) is 52.6 Å². The van der Waals surface area contributed by atoms with Gasteiger partial charge in [-0.2, -0.15) is 0 Å². The van der Waals surface area contributed by atoms with E-state index >= 15 is 19.2 Å². The summed E-state index contributed by atoms with van der Waals surface area (Å²) in [5.74, 6) is -18.8. The summed E-state index contributed by atoms with van der Waals surface area (Å²) in [6.07, 6.45) is -18.6. The van der Waals surface area contributed by atoms with Crippen LogP contribution >= 0.6 is 23.2 Å². The molecular formula is C66H74Cl2N8O24. The monoisotopic (exact) mass is 1430 g/mol. The molecule has 536 valence electrons. The number of phenols is 3. The van der Waals surface area contributed by atoms with Gasteiger partial charge in [-0.15, -0.1) is 0 Å². The maximum Gasteiger partial charge on any atom is 0.318 e. The number of hydrogen-bond acceptors (Lipinski definition) is 25. The van der Waals surface area contributed by atoms with E-state index in [1.165, 1.54) is 33.0 Å². The number of carboxylic acids is 1. The van der Waals surface area contributed by atoms with Gasteiger partial charge in [-0.3, -0.25) is 38.4 Å². The molecule has 2 fully saturated rings. The van der Waals surface area contributed by atoms with Crippen molar-refractivity contribution in [1.82, 2.24) is 31.9 Å². The molecule has 2 saturated heterocycles. The van der Waals surface area contributed by atoms with E-state index in [0.717, 1.165) is 66.7 Å². The highest BCUT2D eigenvalue weighted by Gasteiger charge is 2.52. The molecule has 7 aliphatic rings. The molecule has 32 nitrogen and oxygen atoms in total. The Balaban J connectivity index is 1.24. The normalized spacial score (nSPS) is 29.6. The van der Waals surface area contributed by atoms with Gasteiger partial charge in [0.2, 0.25) is 47.5 Å². The summed E-state index contributed by atoms with van der Waals surface area (Å²) in [5, 5.41) is 129. The number of aromatic hydroxyl groups is 3. The predicted molar refractivity (Wildman–Crippen MR) is 346 cm³/mol. The van der Waals surface area contributed by atoms with Crippen LogP contribution in [0.1, 0.15) is 105 Å². The molecule has 7 heterocycles. The van der Waals surface area contributed by atoms with Crippen molar-refractivity contribution in [2.75, 3.05) is 13.7 Å². The third-order valence-electron chi connectivity index (χ3n) is 17.8. The summed E-state index contributed by atoms with van der Waals surface area (Å²) in [6.45, 7) is 5.66. The van der Waals surface area contributed by atoms with Crippen molar-refractivity contribution in [3.8, 4) is 57.1 Å². The minimum atomic E-state index is -2.51. The second kappa shape index (κ2) is 29.7. The number of rotatable bonds is 13. The Labute approximate surface area is 578 Å². The van der Waals surface area contributed by atoms with Crippen LogP contribution in [0.4, 0.5) is 0 Å². The number of carboxylic acid groups (broad SMARTS) is 1. The van der Waals surface area contributed by atoms with Crippen LogP contribution < -0.4 is 57.6 Å². The molecule has 6 amide bonds. The first-order valence-corrected chi connectivity index (χ1v) is 32.1. The lowest BCUT2D eigenvalue weighted by atomic mass is 9.82. The average molecular weight is 1430 g/mol. The van der Waals surface area contributed by atoms with Gasteiger partial charge in [-0.05, 0) is 116 Å². The number of Topliss-reactive ketones (excluding diaryl/α,β-unsaturated/α-hetero) is 1. The standard InChI is InChI=1S/C66H74Cl2N8O24/c1-23(2)12-34(71-5)59(88)76-50-52(83)27-8-11-39(33(68)15-27)97-41-17-28-16-40(56(41)100-65-57(55(86)53(84)42(22-77)98-65)99-44-21-66(4,70)58(87)24(3)95-44)96-38-10-7-26(14-32(38)67)51(82)49-54(85)46(64(93)94)31-18-29(78)19-37(80)45(31)30-13-25(6-9-36(30)79)47(61(90)75-49)74-62(91)48(28)73-60(89)35(20-43(69)81)72-63(50)92/h6-11,13-19,23-24,34-35,42,44,46-53,55,57-58,65,71,77-80,82-84,86-87H,12,20-22,70H2,1-5H3,(H2,69,81)(H,72,92)(H,73,89)(H,74,91)(H,75,90)(H,76,88)(H,93,94). The Morgan fingerprint density at radius 1 is 0.730 bits per heavy atom. The number of primary amides is 1. The molecule has 18 unspecified atom stereocenters. The van der Waals surface area contributed by atoms with Gasteiger partial charge < -0.3 is 123 Å². The van der Waals surface area contributed by atoms with Crippen molar-refractivity contribution in [2.45, 2.75) is 156 Å². The summed E-state index contributed by atoms with van der Waals surface area (Å²) >= 11 is 14.1. The third-order valence-corrected chi connectivity index (χ3v) is 18.4. The van der Waals surface area contributed by atoms with E-state index in [1.807, 2.05) is 13.8 Å². The number of likely N-dealkylation sites (N-methyl/N-ethyl adjacent to an activating group) is 1. The minimum Gasteiger partial charge on any atom is -0.508 e. The molecule has 0 saturated carbocycles. The highest BCUT2D eigenvalue weighted by atomic mass is 35.5. The maximum absolute atomic E-state index is 16.0. The van der Waals surface area contributed by atoms with Crippen molar-refractivity contribution in [3.63, 3.8) is 0 Å². The minimum absolute atomic E-state index is 0.0965. The molecule has 0 radical (unpaired) electrons. The van der Waals surface area contributed by atoms with Crippen LogP contribution in [0.2, 0.25) is 10.0 Å². The molecule has 34 heteroatoms. The highest BCUT2D eigenvalue weighted by molar-refractivity contribution is 6.32. The van der Waals surface area contributed by atoms with Crippen LogP contribution in [0.25, 0.3) is 11.1 Å². The van der Waals surface area contributed by atoms with Crippen molar-refractivity contribution < 1.29 is 118 Å². The zero-order valence-electron chi connectivity index (χ0n) is 53.8. The lowest BCUT2D eigenvalue weighted by Crippen LogP contribution is -2.64. The predicted octanol–water partition coefficient (Wildman–Crippen LogP) is 0.602. The number of amides is 6. The van der Waals surface area contributed by atoms with E-state index in [4.69, 9.17) is 63.1 Å². The van der Waals surface area contributed by atoms with Crippen LogP contribution in [0.3, 0.4) is 0 Å². The van der Waals surface area contributed by atoms with E-state index in [-0.39, 0.29) is 46.2 Å². The average Bonchev–Trinajstić information content (AvgIpc) is 1.51. The molecule has 5 aromatic carbocycles. The van der Waals surface area contributed by atoms with Gasteiger partial charge in [-0.1, -0.05) is 55.2 Å². The number of aliphatic hydroxyl groups is 6. The summed E-state index contributed by atoms with van der Waals surface area (Å²) in [5.41, 5.74) is 7.80. The van der Waals surface area contributed by atoms with Crippen molar-refractivity contribution >= 4 is 70.4 Å². The number of aliphatic carboxylic acids is 1. The second-order valence-electron chi connectivity index (χ2n) is 25.6. The fourth-order valence-electron chi connectivity index (χ4n) is 12.6. The van der Waals surface area contributed by atoms with Crippen LogP contribution in [0, 0.1) is 5.92 Å². The Morgan fingerprint density at radius 2 is 1.33 bits per heavy atom. The number of halogens is 2. The van der Waals surface area contributed by atoms with E-state index < -0.39 is 237 Å². The zero-order valence-corrected chi connectivity index (χ0v) is 55.3. The van der Waals surface area contributed by atoms with Gasteiger partial charge in [0.1, 0.15) is 95.4 Å². The smallest absolute Gasteiger partial charge is 0.318 e. The number of ether oxygens (including phenoxy) is 6. The zero-order chi connectivity index (χ0) is 72.8. The van der Waals surface area contributed by atoms with E-state index in [0.29, 0.717) is 0 Å². The first-order chi connectivity index (χ1) is 47.2. The molecule has 12 rings (SSSR count). The Kier molecular flexibility index (Phi) is 21.9. The fourth-order valence-corrected chi connectivity index (χ4v) is 13.0. The summed E-state index contributed by atoms with van der Waals surface area (Å²) < 4.78 is 38.3. The number of carbonyl (C=O) groups is 8. The Morgan fingerprint density at radius 3 is 1.91 bits per heavy atom. The molecule has 0 aromatic heterocycles. The van der Waals surface area contributed by atoms with Gasteiger partial charge in [0.15, 0.2) is 29.7 Å². The van der Waals surface area contributed by atoms with E-state index in [2.05, 4.69) is 31.9 Å². The molecule has 20 N–H and O–H groups in total. The maximum atomic E-state index is 16.0. The number of carbonyl (C=O) groups excluding carboxylic acids is 7. The molecule has 100 heavy (non-hydrogen) atoms. The number of phenolic OH excluding ortho intramolecular Hbond substituents is 3. The quantitative estimate of drug-likeness (QED) is 0.0718. The summed E-state index contributed by atoms with van der Waals surface area (Å²) in [7, 11) is 1.47. The van der Waals surface area contributed by atoms with Crippen molar-refractivity contribution in [3.05, 3.63) is 117 Å². The summed E-state index contributed by atoms with van der Waals surface area (Å²) in [6, 6.07) is 1.33. The second-order valence-corrected chi connectivity index (χ2v) is 26.4. The van der Waals surface area contributed by atoms with Crippen LogP contribution in [0.5, 0.6) is 46.0 Å². The molecular weight excluding hydrogens is 1360 g/mol. The molecule has 18 atom stereocenters. The lowest BCUT2D eigenvalue weighted by molar-refractivity contribution is -0.333. The molecule has 11 bridgehead atoms. The Hall–Kier alpha value is -9.00. The number of aliphatic hydroxyl groups excluding tert-OH is 6. The highest BCUT2D eigenvalue weighted by Crippen LogP contribution is 2.50. The number of benzene rings is 5. The number of nitrogens with one attached hydrogen (secondary N) is 6. The van der Waals surface area contributed by atoms with Gasteiger partial charge in [0, 0.05) is 29.2 Å². The first-order valence-electron chi connectivity index (χ1n) is 31.4. The van der Waals surface area contributed by atoms with Crippen LogP contribution in [-0.4, -0.2) is 191 Å². The van der Waals surface area contributed by atoms with Gasteiger partial charge >= 0.3 is 5.97 Å². The largest absolute Gasteiger partial charge is 0.508 e. The SMILES string of the molecule is CNC(CC(C)C)C(=O)NC1C(=O)NC(CC(N)=O)C(=O)NC2C(=O)NC3C(=O)NC(C(=O)C(C(=O)O)c4cc(O)cc(O)c4-c4cc3ccc4O)C(O)c3ccc(c(Cl)c3)Oc3cc2cc(c3OC2OC(CO)C(O)C(O)C2OC2CC(C)(N)C(O)C(C)O2)Oc2ccc(cc2Cl)C1O. The van der Waals surface area contributed by atoms with Gasteiger partial charge in [-0.25, -0.2) is 0 Å². The number of hydrogen-bond donors (Lipinski definition) is 18. The van der Waals surface area contributed by atoms with Gasteiger partial charge in [0.05, 0.1) is 41.3 Å². The van der Waals surface area contributed by atoms with Crippen molar-refractivity contribution in [2.24, 2.45) is 17.4 Å². The number of nitrogens with two attached hydrogens (primary N) is 2. The summed E-state index contributed by atoms with van der Waals surface area (Å²) in [4.78, 5) is 117. The fraction of sp³-hybridized carbons (Fsp3) is 0.424. The number of fused-ring (bicyclic) bond motifs is 15. The molecule has 7 aliphatic heterocycles. The number of ketones is 1. The third kappa shape index (κ3) is 15.2. The Bertz CT molecular complexity index is 4050. The van der Waals surface area contributed by atoms with Crippen molar-refractivity contribution in [1.29, 1.82) is 0 Å². The topological polar surface area (TPSA) is 518 Å². The first kappa shape index (κ1) is 73.7. The lowest BCUT2D eigenvalue weighted by Gasteiger charge is -2.47. The molecule has 5 aromatic rings. The van der Waals surface area contributed by atoms with E-state index in [9.17, 15) is 70.2 Å². The van der Waals surface area contributed by atoms with Gasteiger partial charge in [0.25, 0.3) is 0 Å². The molecule has 0 spiro atoms. The van der Waals surface area contributed by atoms with E-state index in [1.54, 1.807) is 0 Å². The van der Waals surface area contributed by atoms with Crippen LogP contribution in [0.15, 0.2) is 78.9 Å². The molecule has 0 aliphatic carbocycles.